The highest BCUT2D eigenvalue weighted by atomic mass is 19.1. The molecule has 0 heterocycles. The summed E-state index contributed by atoms with van der Waals surface area (Å²) in [5.74, 6) is -0.210. The number of hydrogen-bond donors (Lipinski definition) is 1. The summed E-state index contributed by atoms with van der Waals surface area (Å²) in [7, 11) is 0. The van der Waals surface area contributed by atoms with Crippen LogP contribution in [-0.2, 0) is 5.54 Å². The summed E-state index contributed by atoms with van der Waals surface area (Å²) >= 11 is 0. The van der Waals surface area contributed by atoms with Gasteiger partial charge in [0.1, 0.15) is 11.6 Å². The van der Waals surface area contributed by atoms with Gasteiger partial charge in [-0.05, 0) is 55.2 Å². The van der Waals surface area contributed by atoms with Gasteiger partial charge in [-0.3, -0.25) is 0 Å². The van der Waals surface area contributed by atoms with Gasteiger partial charge in [0.15, 0.2) is 0 Å². The number of nitrogens with two attached hydrogens (primary N) is 1. The van der Waals surface area contributed by atoms with Crippen LogP contribution in [0.3, 0.4) is 0 Å². The smallest absolute Gasteiger partial charge is 0.128 e. The van der Waals surface area contributed by atoms with Crippen molar-refractivity contribution < 1.29 is 8.78 Å². The zero-order chi connectivity index (χ0) is 14.3. The van der Waals surface area contributed by atoms with Gasteiger partial charge >= 0.3 is 0 Å². The first-order chi connectivity index (χ1) is 8.72. The van der Waals surface area contributed by atoms with Gasteiger partial charge < -0.3 is 5.73 Å². The Morgan fingerprint density at radius 3 is 2.26 bits per heavy atom. The lowest BCUT2D eigenvalue weighted by molar-refractivity contribution is 0.132. The second-order valence-electron chi connectivity index (χ2n) is 6.92. The van der Waals surface area contributed by atoms with Crippen molar-refractivity contribution in [2.75, 3.05) is 0 Å². The third-order valence-corrected chi connectivity index (χ3v) is 4.57. The van der Waals surface area contributed by atoms with Gasteiger partial charge in [0.05, 0.1) is 0 Å². The van der Waals surface area contributed by atoms with Gasteiger partial charge in [0.2, 0.25) is 0 Å². The third-order valence-electron chi connectivity index (χ3n) is 4.57. The molecule has 3 heteroatoms. The lowest BCUT2D eigenvalue weighted by Gasteiger charge is -2.42. The predicted molar refractivity (Wildman–Crippen MR) is 73.6 cm³/mol. The van der Waals surface area contributed by atoms with E-state index in [4.69, 9.17) is 5.73 Å². The van der Waals surface area contributed by atoms with Gasteiger partial charge in [-0.25, -0.2) is 8.78 Å². The molecule has 19 heavy (non-hydrogen) atoms. The maximum Gasteiger partial charge on any atom is 0.128 e. The fraction of sp³-hybridized carbons (Fsp3) is 0.625. The molecule has 0 aromatic heterocycles. The molecular weight excluding hydrogens is 244 g/mol. The van der Waals surface area contributed by atoms with Gasteiger partial charge in [0.25, 0.3) is 0 Å². The van der Waals surface area contributed by atoms with Crippen molar-refractivity contribution in [2.45, 2.75) is 52.0 Å². The Morgan fingerprint density at radius 2 is 1.74 bits per heavy atom. The van der Waals surface area contributed by atoms with E-state index in [1.807, 2.05) is 0 Å². The van der Waals surface area contributed by atoms with E-state index in [9.17, 15) is 8.78 Å². The van der Waals surface area contributed by atoms with Gasteiger partial charge in [-0.2, -0.15) is 0 Å². The summed E-state index contributed by atoms with van der Waals surface area (Å²) in [6, 6.07) is 3.57. The van der Waals surface area contributed by atoms with Crippen LogP contribution in [0.1, 0.15) is 52.0 Å². The van der Waals surface area contributed by atoms with Crippen LogP contribution in [0.15, 0.2) is 18.2 Å². The normalized spacial score (nSPS) is 28.4. The number of hydrogen-bond acceptors (Lipinski definition) is 1. The van der Waals surface area contributed by atoms with Crippen LogP contribution in [0.25, 0.3) is 0 Å². The average Bonchev–Trinajstić information content (AvgIpc) is 2.31. The maximum absolute atomic E-state index is 13.9. The monoisotopic (exact) mass is 267 g/mol. The number of halogens is 2. The van der Waals surface area contributed by atoms with Gasteiger partial charge in [-0.15, -0.1) is 0 Å². The Hall–Kier alpha value is -0.960. The molecule has 1 aromatic carbocycles. The van der Waals surface area contributed by atoms with Crippen LogP contribution in [0.4, 0.5) is 8.78 Å². The fourth-order valence-electron chi connectivity index (χ4n) is 3.15. The number of rotatable bonds is 1. The first kappa shape index (κ1) is 14.4. The van der Waals surface area contributed by atoms with Crippen LogP contribution in [0, 0.1) is 23.0 Å². The topological polar surface area (TPSA) is 26.0 Å². The van der Waals surface area contributed by atoms with E-state index in [1.165, 1.54) is 12.1 Å². The maximum atomic E-state index is 13.9. The Balaban J connectivity index is 2.20. The molecule has 1 fully saturated rings. The minimum absolute atomic E-state index is 0.252. The van der Waals surface area contributed by atoms with E-state index in [-0.39, 0.29) is 5.41 Å². The molecule has 0 aliphatic heterocycles. The standard InChI is InChI=1S/C16H23F2N/c1-15(2,3)11-6-8-16(19,9-7-11)13-10-12(17)4-5-14(13)18/h4-5,10-11H,6-9,19H2,1-3H3. The molecule has 2 rings (SSSR count). The van der Waals surface area contributed by atoms with Crippen LogP contribution in [0.2, 0.25) is 0 Å². The Morgan fingerprint density at radius 1 is 1.16 bits per heavy atom. The van der Waals surface area contributed by atoms with Crippen molar-refractivity contribution in [2.24, 2.45) is 17.1 Å². The van der Waals surface area contributed by atoms with Crippen molar-refractivity contribution in [3.63, 3.8) is 0 Å². The van der Waals surface area contributed by atoms with Crippen LogP contribution in [0.5, 0.6) is 0 Å². The summed E-state index contributed by atoms with van der Waals surface area (Å²) in [5, 5.41) is 0. The van der Waals surface area contributed by atoms with Crippen LogP contribution in [-0.4, -0.2) is 0 Å². The molecule has 0 radical (unpaired) electrons. The Labute approximate surface area is 114 Å². The first-order valence-corrected chi connectivity index (χ1v) is 6.97. The second kappa shape index (κ2) is 4.86. The quantitative estimate of drug-likeness (QED) is 0.804. The van der Waals surface area contributed by atoms with E-state index < -0.39 is 17.2 Å². The predicted octanol–water partition coefficient (Wildman–Crippen LogP) is 4.36. The highest BCUT2D eigenvalue weighted by Gasteiger charge is 2.38. The van der Waals surface area contributed by atoms with Crippen LogP contribution >= 0.6 is 0 Å². The van der Waals surface area contributed by atoms with Crippen molar-refractivity contribution in [3.05, 3.63) is 35.4 Å². The minimum atomic E-state index is -0.714. The third kappa shape index (κ3) is 2.97. The highest BCUT2D eigenvalue weighted by molar-refractivity contribution is 5.27. The van der Waals surface area contributed by atoms with Crippen molar-refractivity contribution in [1.29, 1.82) is 0 Å². The summed E-state index contributed by atoms with van der Waals surface area (Å²) in [6.45, 7) is 6.68. The zero-order valence-corrected chi connectivity index (χ0v) is 12.0. The Bertz CT molecular complexity index is 454. The molecule has 0 saturated heterocycles. The summed E-state index contributed by atoms with van der Waals surface area (Å²) < 4.78 is 27.2. The largest absolute Gasteiger partial charge is 0.321 e. The molecule has 106 valence electrons. The van der Waals surface area contributed by atoms with Crippen molar-refractivity contribution in [3.8, 4) is 0 Å². The summed E-state index contributed by atoms with van der Waals surface area (Å²) in [4.78, 5) is 0. The Kier molecular flexibility index (Phi) is 3.69. The lowest BCUT2D eigenvalue weighted by Crippen LogP contribution is -2.43. The number of benzene rings is 1. The van der Waals surface area contributed by atoms with Crippen molar-refractivity contribution in [1.82, 2.24) is 0 Å². The molecule has 1 saturated carbocycles. The van der Waals surface area contributed by atoms with E-state index in [2.05, 4.69) is 20.8 Å². The second-order valence-corrected chi connectivity index (χ2v) is 6.92. The van der Waals surface area contributed by atoms with Gasteiger partial charge in [-0.1, -0.05) is 20.8 Å². The zero-order valence-electron chi connectivity index (χ0n) is 12.0. The molecule has 1 aliphatic rings. The van der Waals surface area contributed by atoms with E-state index >= 15 is 0 Å². The fourth-order valence-corrected chi connectivity index (χ4v) is 3.15. The molecule has 0 bridgehead atoms. The summed E-state index contributed by atoms with van der Waals surface area (Å²) in [5.41, 5.74) is 6.22. The average molecular weight is 267 g/mol. The molecule has 1 nitrogen and oxygen atoms in total. The van der Waals surface area contributed by atoms with E-state index in [0.29, 0.717) is 11.5 Å². The molecule has 0 spiro atoms. The molecule has 0 atom stereocenters. The first-order valence-electron chi connectivity index (χ1n) is 6.97. The molecular formula is C16H23F2N. The van der Waals surface area contributed by atoms with E-state index in [1.54, 1.807) is 0 Å². The van der Waals surface area contributed by atoms with E-state index in [0.717, 1.165) is 31.7 Å². The lowest BCUT2D eigenvalue weighted by atomic mass is 9.66. The molecule has 2 N–H and O–H groups in total. The SMILES string of the molecule is CC(C)(C)C1CCC(N)(c2cc(F)ccc2F)CC1. The summed E-state index contributed by atoms with van der Waals surface area (Å²) in [6.07, 6.45) is 3.37. The molecule has 1 aliphatic carbocycles. The van der Waals surface area contributed by atoms with Crippen molar-refractivity contribution >= 4 is 0 Å². The molecule has 1 aromatic rings. The highest BCUT2D eigenvalue weighted by Crippen LogP contribution is 2.44. The molecule has 0 unspecified atom stereocenters. The van der Waals surface area contributed by atoms with Crippen LogP contribution < -0.4 is 5.73 Å². The molecule has 0 amide bonds. The van der Waals surface area contributed by atoms with Gasteiger partial charge in [0, 0.05) is 11.1 Å². The minimum Gasteiger partial charge on any atom is -0.321 e.